The Kier molecular flexibility index (Phi) is 4.14. The van der Waals surface area contributed by atoms with E-state index < -0.39 is 34.8 Å². The summed E-state index contributed by atoms with van der Waals surface area (Å²) in [6, 6.07) is 12.8. The van der Waals surface area contributed by atoms with Crippen LogP contribution in [0.5, 0.6) is 0 Å². The van der Waals surface area contributed by atoms with Crippen LogP contribution in [0.4, 0.5) is 10.1 Å². The molecular formula is C22H18FNO4. The van der Waals surface area contributed by atoms with Crippen LogP contribution in [-0.4, -0.2) is 31.8 Å². The van der Waals surface area contributed by atoms with Crippen LogP contribution < -0.4 is 4.90 Å². The number of rotatable bonds is 2. The lowest BCUT2D eigenvalue weighted by Gasteiger charge is -2.36. The number of halogens is 1. The lowest BCUT2D eigenvalue weighted by atomic mass is 9.62. The van der Waals surface area contributed by atoms with Crippen LogP contribution in [0.1, 0.15) is 17.5 Å². The molecule has 0 saturated carbocycles. The van der Waals surface area contributed by atoms with Crippen molar-refractivity contribution in [2.24, 2.45) is 5.92 Å². The molecule has 1 heterocycles. The fourth-order valence-corrected chi connectivity index (χ4v) is 4.33. The van der Waals surface area contributed by atoms with Crippen LogP contribution in [0.2, 0.25) is 0 Å². The predicted molar refractivity (Wildman–Crippen MR) is 101 cm³/mol. The van der Waals surface area contributed by atoms with Crippen LogP contribution >= 0.6 is 0 Å². The summed E-state index contributed by atoms with van der Waals surface area (Å²) >= 11 is 0. The number of benzene rings is 2. The number of nitrogens with zero attached hydrogens (tertiary/aromatic N) is 1. The molecule has 2 atom stereocenters. The first-order valence-corrected chi connectivity index (χ1v) is 8.87. The van der Waals surface area contributed by atoms with E-state index >= 15 is 0 Å². The molecule has 1 spiro atoms. The molecule has 6 heteroatoms. The fraction of sp³-hybridized carbons (Fsp3) is 0.227. The quantitative estimate of drug-likeness (QED) is 0.595. The van der Waals surface area contributed by atoms with Crippen LogP contribution in [0, 0.1) is 11.7 Å². The highest BCUT2D eigenvalue weighted by Gasteiger charge is 2.63. The molecule has 4 rings (SSSR count). The Morgan fingerprint density at radius 1 is 1.18 bits per heavy atom. The average Bonchev–Trinajstić information content (AvgIpc) is 2.92. The maximum Gasteiger partial charge on any atom is 0.310 e. The van der Waals surface area contributed by atoms with Gasteiger partial charge in [0, 0.05) is 18.3 Å². The second-order valence-electron chi connectivity index (χ2n) is 7.01. The minimum absolute atomic E-state index is 0.0930. The average molecular weight is 379 g/mol. The molecule has 2 aromatic carbocycles. The van der Waals surface area contributed by atoms with Crippen LogP contribution in [0.25, 0.3) is 5.57 Å². The van der Waals surface area contributed by atoms with Crippen molar-refractivity contribution in [3.63, 3.8) is 0 Å². The van der Waals surface area contributed by atoms with Crippen molar-refractivity contribution in [1.82, 2.24) is 0 Å². The van der Waals surface area contributed by atoms with Gasteiger partial charge in [0.25, 0.3) is 0 Å². The van der Waals surface area contributed by atoms with Crippen molar-refractivity contribution < 1.29 is 23.5 Å². The molecule has 2 aromatic rings. The molecule has 1 amide bonds. The van der Waals surface area contributed by atoms with Gasteiger partial charge in [0.15, 0.2) is 11.2 Å². The van der Waals surface area contributed by atoms with Gasteiger partial charge < -0.3 is 9.64 Å². The summed E-state index contributed by atoms with van der Waals surface area (Å²) in [5.41, 5.74) is 0.444. The van der Waals surface area contributed by atoms with Gasteiger partial charge in [-0.1, -0.05) is 30.3 Å². The van der Waals surface area contributed by atoms with E-state index in [-0.39, 0.29) is 6.42 Å². The smallest absolute Gasteiger partial charge is 0.310 e. The molecule has 2 aliphatic rings. The normalized spacial score (nSPS) is 23.6. The highest BCUT2D eigenvalue weighted by Crippen LogP contribution is 2.52. The van der Waals surface area contributed by atoms with Crippen molar-refractivity contribution in [2.45, 2.75) is 11.8 Å². The molecule has 28 heavy (non-hydrogen) atoms. The number of fused-ring (bicyclic) bond motifs is 2. The minimum atomic E-state index is -1.66. The number of amides is 1. The zero-order valence-electron chi connectivity index (χ0n) is 15.4. The molecule has 0 unspecified atom stereocenters. The number of esters is 1. The van der Waals surface area contributed by atoms with Crippen molar-refractivity contribution in [3.8, 4) is 0 Å². The van der Waals surface area contributed by atoms with E-state index in [4.69, 9.17) is 4.74 Å². The standard InChI is InChI=1S/C22H18FNO4/c1-24-18-9-4-3-8-16(18)22(21(24)27)17(20(26)28-2)11-14(12-19(22)25)13-6-5-7-15(23)10-13/h3-10,12,17H,11H2,1-2H3/t17-,22-/m0/s1. The molecule has 0 N–H and O–H groups in total. The Morgan fingerprint density at radius 3 is 2.64 bits per heavy atom. The maximum atomic E-state index is 13.7. The van der Waals surface area contributed by atoms with Gasteiger partial charge >= 0.3 is 5.97 Å². The molecule has 0 aromatic heterocycles. The van der Waals surface area contributed by atoms with Crippen LogP contribution in [0.15, 0.2) is 54.6 Å². The highest BCUT2D eigenvalue weighted by molar-refractivity contribution is 6.28. The van der Waals surface area contributed by atoms with E-state index in [1.54, 1.807) is 37.4 Å². The van der Waals surface area contributed by atoms with E-state index in [0.29, 0.717) is 22.4 Å². The van der Waals surface area contributed by atoms with Crippen molar-refractivity contribution in [2.75, 3.05) is 19.1 Å². The van der Waals surface area contributed by atoms with Crippen molar-refractivity contribution in [1.29, 1.82) is 0 Å². The Balaban J connectivity index is 1.94. The van der Waals surface area contributed by atoms with Gasteiger partial charge in [-0.3, -0.25) is 14.4 Å². The van der Waals surface area contributed by atoms with Crippen LogP contribution in [-0.2, 0) is 24.5 Å². The molecule has 1 aliphatic heterocycles. The van der Waals surface area contributed by atoms with E-state index in [1.165, 1.54) is 36.3 Å². The van der Waals surface area contributed by atoms with Gasteiger partial charge in [-0.25, -0.2) is 4.39 Å². The largest absolute Gasteiger partial charge is 0.469 e. The van der Waals surface area contributed by atoms with Crippen LogP contribution in [0.3, 0.4) is 0 Å². The number of methoxy groups -OCH3 is 1. The Labute approximate surface area is 161 Å². The number of carbonyl (C=O) groups is 3. The molecule has 0 bridgehead atoms. The zero-order chi connectivity index (χ0) is 20.1. The number of allylic oxidation sites excluding steroid dienone is 2. The third kappa shape index (κ3) is 2.34. The summed E-state index contributed by atoms with van der Waals surface area (Å²) < 4.78 is 18.6. The SMILES string of the molecule is COC(=O)[C@@H]1CC(c2cccc(F)c2)=CC(=O)[C@@]12C(=O)N(C)c1ccccc12. The third-order valence-corrected chi connectivity index (χ3v) is 5.65. The summed E-state index contributed by atoms with van der Waals surface area (Å²) in [7, 11) is 2.82. The first-order valence-electron chi connectivity index (χ1n) is 8.87. The number of ether oxygens (including phenoxy) is 1. The van der Waals surface area contributed by atoms with Crippen molar-refractivity contribution >= 4 is 28.9 Å². The number of hydrogen-bond donors (Lipinski definition) is 0. The molecule has 5 nitrogen and oxygen atoms in total. The number of para-hydroxylation sites is 1. The molecule has 0 radical (unpaired) electrons. The second kappa shape index (κ2) is 6.41. The number of carbonyl (C=O) groups excluding carboxylic acids is 3. The zero-order valence-corrected chi connectivity index (χ0v) is 15.4. The Bertz CT molecular complexity index is 1040. The summed E-state index contributed by atoms with van der Waals surface area (Å²) in [6.07, 6.45) is 1.46. The van der Waals surface area contributed by atoms with E-state index in [2.05, 4.69) is 0 Å². The van der Waals surface area contributed by atoms with Crippen molar-refractivity contribution in [3.05, 3.63) is 71.6 Å². The number of anilines is 1. The number of likely N-dealkylation sites (N-methyl/N-ethyl adjacent to an activating group) is 1. The van der Waals surface area contributed by atoms with Gasteiger partial charge in [-0.05, 0) is 41.8 Å². The monoisotopic (exact) mass is 379 g/mol. The van der Waals surface area contributed by atoms with Gasteiger partial charge in [-0.15, -0.1) is 0 Å². The molecule has 142 valence electrons. The summed E-state index contributed by atoms with van der Waals surface area (Å²) in [5, 5.41) is 0. The second-order valence-corrected chi connectivity index (χ2v) is 7.01. The lowest BCUT2D eigenvalue weighted by Crippen LogP contribution is -2.54. The molecule has 1 aliphatic carbocycles. The Hall–Kier alpha value is -3.28. The lowest BCUT2D eigenvalue weighted by molar-refractivity contribution is -0.154. The fourth-order valence-electron chi connectivity index (χ4n) is 4.33. The third-order valence-electron chi connectivity index (χ3n) is 5.65. The summed E-state index contributed by atoms with van der Waals surface area (Å²) in [6.45, 7) is 0. The first kappa shape index (κ1) is 18.1. The van der Waals surface area contributed by atoms with E-state index in [9.17, 15) is 18.8 Å². The predicted octanol–water partition coefficient (Wildman–Crippen LogP) is 2.89. The van der Waals surface area contributed by atoms with Gasteiger partial charge in [0.05, 0.1) is 13.0 Å². The number of hydrogen-bond acceptors (Lipinski definition) is 4. The summed E-state index contributed by atoms with van der Waals surface area (Å²) in [4.78, 5) is 40.8. The first-order chi connectivity index (χ1) is 13.4. The molecule has 0 saturated heterocycles. The molecule has 0 fully saturated rings. The number of ketones is 1. The topological polar surface area (TPSA) is 63.7 Å². The maximum absolute atomic E-state index is 13.7. The van der Waals surface area contributed by atoms with Gasteiger partial charge in [0.2, 0.25) is 5.91 Å². The van der Waals surface area contributed by atoms with Gasteiger partial charge in [-0.2, -0.15) is 0 Å². The highest BCUT2D eigenvalue weighted by atomic mass is 19.1. The Morgan fingerprint density at radius 2 is 1.93 bits per heavy atom. The van der Waals surface area contributed by atoms with E-state index in [0.717, 1.165) is 0 Å². The minimum Gasteiger partial charge on any atom is -0.469 e. The van der Waals surface area contributed by atoms with E-state index in [1.807, 2.05) is 0 Å². The molecular weight excluding hydrogens is 361 g/mol. The summed E-state index contributed by atoms with van der Waals surface area (Å²) in [5.74, 6) is -3.07. The van der Waals surface area contributed by atoms with Gasteiger partial charge in [0.1, 0.15) is 5.82 Å².